The summed E-state index contributed by atoms with van der Waals surface area (Å²) in [5.41, 5.74) is 0. The minimum absolute atomic E-state index is 0.691. The van der Waals surface area contributed by atoms with Gasteiger partial charge >= 0.3 is 0 Å². The fourth-order valence-electron chi connectivity index (χ4n) is 1.89. The SMILES string of the molecule is C=COCC1CCC(COC=C)C1. The Labute approximate surface area is 80.2 Å². The maximum absolute atomic E-state index is 5.17. The van der Waals surface area contributed by atoms with Gasteiger partial charge in [0, 0.05) is 0 Å². The number of ether oxygens (including phenoxy) is 2. The maximum atomic E-state index is 5.17. The Bertz CT molecular complexity index is 147. The van der Waals surface area contributed by atoms with E-state index in [4.69, 9.17) is 9.47 Å². The highest BCUT2D eigenvalue weighted by Crippen LogP contribution is 2.31. The quantitative estimate of drug-likeness (QED) is 0.588. The molecule has 13 heavy (non-hydrogen) atoms. The fraction of sp³-hybridized carbons (Fsp3) is 0.636. The van der Waals surface area contributed by atoms with Gasteiger partial charge in [-0.25, -0.2) is 0 Å². The summed E-state index contributed by atoms with van der Waals surface area (Å²) in [6.45, 7) is 8.69. The average Bonchev–Trinajstić information content (AvgIpc) is 2.59. The molecule has 2 nitrogen and oxygen atoms in total. The summed E-state index contributed by atoms with van der Waals surface area (Å²) in [7, 11) is 0. The Morgan fingerprint density at radius 3 is 1.85 bits per heavy atom. The van der Waals surface area contributed by atoms with E-state index < -0.39 is 0 Å². The topological polar surface area (TPSA) is 18.5 Å². The van der Waals surface area contributed by atoms with Gasteiger partial charge in [-0.1, -0.05) is 13.2 Å². The van der Waals surface area contributed by atoms with E-state index in [2.05, 4.69) is 13.2 Å². The minimum Gasteiger partial charge on any atom is -0.502 e. The zero-order valence-corrected chi connectivity index (χ0v) is 8.08. The second-order valence-electron chi connectivity index (χ2n) is 3.55. The first kappa shape index (κ1) is 10.2. The van der Waals surface area contributed by atoms with Gasteiger partial charge in [-0.3, -0.25) is 0 Å². The first-order valence-electron chi connectivity index (χ1n) is 4.81. The third-order valence-corrected chi connectivity index (χ3v) is 2.55. The van der Waals surface area contributed by atoms with Crippen molar-refractivity contribution in [2.45, 2.75) is 19.3 Å². The van der Waals surface area contributed by atoms with Crippen molar-refractivity contribution < 1.29 is 9.47 Å². The van der Waals surface area contributed by atoms with Crippen LogP contribution in [0.5, 0.6) is 0 Å². The van der Waals surface area contributed by atoms with Crippen LogP contribution in [-0.4, -0.2) is 13.2 Å². The van der Waals surface area contributed by atoms with Crippen LogP contribution in [0.3, 0.4) is 0 Å². The molecule has 0 radical (unpaired) electrons. The molecular formula is C11H18O2. The third kappa shape index (κ3) is 3.53. The van der Waals surface area contributed by atoms with Crippen molar-refractivity contribution in [2.75, 3.05) is 13.2 Å². The summed E-state index contributed by atoms with van der Waals surface area (Å²) in [4.78, 5) is 0. The van der Waals surface area contributed by atoms with E-state index in [0.717, 1.165) is 13.2 Å². The van der Waals surface area contributed by atoms with E-state index in [-0.39, 0.29) is 0 Å². The smallest absolute Gasteiger partial charge is 0.0901 e. The molecule has 1 saturated carbocycles. The molecule has 0 bridgehead atoms. The molecule has 1 rings (SSSR count). The van der Waals surface area contributed by atoms with E-state index >= 15 is 0 Å². The largest absolute Gasteiger partial charge is 0.502 e. The molecule has 0 heterocycles. The maximum Gasteiger partial charge on any atom is 0.0901 e. The molecule has 74 valence electrons. The molecule has 1 fully saturated rings. The van der Waals surface area contributed by atoms with Gasteiger partial charge in [0.05, 0.1) is 25.7 Å². The summed E-state index contributed by atoms with van der Waals surface area (Å²) < 4.78 is 10.3. The molecule has 1 aliphatic rings. The number of rotatable bonds is 6. The lowest BCUT2D eigenvalue weighted by atomic mass is 10.1. The Balaban J connectivity index is 2.12. The zero-order chi connectivity index (χ0) is 9.52. The summed E-state index contributed by atoms with van der Waals surface area (Å²) in [5.74, 6) is 1.38. The van der Waals surface area contributed by atoms with Crippen LogP contribution in [0.2, 0.25) is 0 Å². The molecule has 0 N–H and O–H groups in total. The van der Waals surface area contributed by atoms with Gasteiger partial charge in [0.25, 0.3) is 0 Å². The Hall–Kier alpha value is -0.920. The number of hydrogen-bond donors (Lipinski definition) is 0. The third-order valence-electron chi connectivity index (χ3n) is 2.55. The molecule has 0 aromatic heterocycles. The molecule has 2 heteroatoms. The molecule has 0 saturated heterocycles. The van der Waals surface area contributed by atoms with E-state index in [9.17, 15) is 0 Å². The van der Waals surface area contributed by atoms with Crippen molar-refractivity contribution in [3.63, 3.8) is 0 Å². The van der Waals surface area contributed by atoms with Gasteiger partial charge in [-0.15, -0.1) is 0 Å². The standard InChI is InChI=1S/C11H18O2/c1-3-12-8-10-5-6-11(7-10)9-13-4-2/h3-4,10-11H,1-2,5-9H2. The van der Waals surface area contributed by atoms with Crippen LogP contribution in [0.1, 0.15) is 19.3 Å². The van der Waals surface area contributed by atoms with Crippen molar-refractivity contribution in [3.8, 4) is 0 Å². The summed E-state index contributed by atoms with van der Waals surface area (Å²) in [6.07, 6.45) is 6.75. The monoisotopic (exact) mass is 182 g/mol. The van der Waals surface area contributed by atoms with Crippen LogP contribution in [-0.2, 0) is 9.47 Å². The Morgan fingerprint density at radius 1 is 1.00 bits per heavy atom. The van der Waals surface area contributed by atoms with E-state index in [1.165, 1.54) is 31.8 Å². The molecule has 0 aromatic carbocycles. The van der Waals surface area contributed by atoms with Gasteiger partial charge in [0.15, 0.2) is 0 Å². The van der Waals surface area contributed by atoms with Crippen LogP contribution in [0.15, 0.2) is 25.7 Å². The van der Waals surface area contributed by atoms with E-state index in [0.29, 0.717) is 11.8 Å². The Kier molecular flexibility index (Phi) is 4.44. The van der Waals surface area contributed by atoms with E-state index in [1.54, 1.807) is 0 Å². The predicted octanol–water partition coefficient (Wildman–Crippen LogP) is 2.72. The molecule has 2 unspecified atom stereocenters. The lowest BCUT2D eigenvalue weighted by Crippen LogP contribution is -2.06. The summed E-state index contributed by atoms with van der Waals surface area (Å²) >= 11 is 0. The summed E-state index contributed by atoms with van der Waals surface area (Å²) in [5, 5.41) is 0. The van der Waals surface area contributed by atoms with Gasteiger partial charge in [-0.05, 0) is 31.1 Å². The van der Waals surface area contributed by atoms with Crippen LogP contribution < -0.4 is 0 Å². The van der Waals surface area contributed by atoms with Crippen LogP contribution in [0, 0.1) is 11.8 Å². The normalized spacial score (nSPS) is 26.8. The second-order valence-corrected chi connectivity index (χ2v) is 3.55. The highest BCUT2D eigenvalue weighted by molar-refractivity contribution is 4.76. The molecule has 0 aromatic rings. The highest BCUT2D eigenvalue weighted by Gasteiger charge is 2.24. The Morgan fingerprint density at radius 2 is 1.46 bits per heavy atom. The molecular weight excluding hydrogens is 164 g/mol. The van der Waals surface area contributed by atoms with Crippen molar-refractivity contribution in [3.05, 3.63) is 25.7 Å². The zero-order valence-electron chi connectivity index (χ0n) is 8.08. The van der Waals surface area contributed by atoms with E-state index in [1.807, 2.05) is 0 Å². The van der Waals surface area contributed by atoms with Gasteiger partial charge in [0.1, 0.15) is 0 Å². The first-order chi connectivity index (χ1) is 6.36. The van der Waals surface area contributed by atoms with Gasteiger partial charge in [-0.2, -0.15) is 0 Å². The summed E-state index contributed by atoms with van der Waals surface area (Å²) in [6, 6.07) is 0. The van der Waals surface area contributed by atoms with Crippen molar-refractivity contribution in [2.24, 2.45) is 11.8 Å². The van der Waals surface area contributed by atoms with Crippen LogP contribution in [0.25, 0.3) is 0 Å². The lowest BCUT2D eigenvalue weighted by molar-refractivity contribution is 0.174. The predicted molar refractivity (Wildman–Crippen MR) is 53.1 cm³/mol. The molecule has 0 amide bonds. The molecule has 0 spiro atoms. The molecule has 2 atom stereocenters. The first-order valence-corrected chi connectivity index (χ1v) is 4.81. The van der Waals surface area contributed by atoms with Crippen LogP contribution in [0.4, 0.5) is 0 Å². The second kappa shape index (κ2) is 5.68. The van der Waals surface area contributed by atoms with Gasteiger partial charge in [0.2, 0.25) is 0 Å². The fourth-order valence-corrected chi connectivity index (χ4v) is 1.89. The number of hydrogen-bond acceptors (Lipinski definition) is 2. The highest BCUT2D eigenvalue weighted by atomic mass is 16.5. The van der Waals surface area contributed by atoms with Crippen molar-refractivity contribution in [1.82, 2.24) is 0 Å². The van der Waals surface area contributed by atoms with Crippen molar-refractivity contribution >= 4 is 0 Å². The lowest BCUT2D eigenvalue weighted by Gasteiger charge is -2.10. The van der Waals surface area contributed by atoms with Gasteiger partial charge < -0.3 is 9.47 Å². The van der Waals surface area contributed by atoms with Crippen molar-refractivity contribution in [1.29, 1.82) is 0 Å². The molecule has 1 aliphatic carbocycles. The van der Waals surface area contributed by atoms with Crippen LogP contribution >= 0.6 is 0 Å². The minimum atomic E-state index is 0.691. The molecule has 0 aliphatic heterocycles. The average molecular weight is 182 g/mol.